The lowest BCUT2D eigenvalue weighted by Crippen LogP contribution is -1.94. The van der Waals surface area contributed by atoms with Crippen LogP contribution in [0.5, 0.6) is 0 Å². The minimum atomic E-state index is -0.465. The Morgan fingerprint density at radius 3 is 2.70 bits per heavy atom. The van der Waals surface area contributed by atoms with Gasteiger partial charge < -0.3 is 10.8 Å². The zero-order valence-electron chi connectivity index (χ0n) is 5.78. The highest BCUT2D eigenvalue weighted by molar-refractivity contribution is 5.29. The molecule has 0 bridgehead atoms. The van der Waals surface area contributed by atoms with Gasteiger partial charge in [0.2, 0.25) is 0 Å². The number of aliphatic hydroxyl groups is 1. The van der Waals surface area contributed by atoms with E-state index >= 15 is 0 Å². The van der Waals surface area contributed by atoms with E-state index in [-0.39, 0.29) is 0 Å². The Hall–Kier alpha value is -1.09. The second kappa shape index (κ2) is 2.66. The Balaban J connectivity index is 2.89. The minimum absolute atomic E-state index is 0.465. The summed E-state index contributed by atoms with van der Waals surface area (Å²) in [6.07, 6.45) is 1.10. The first-order valence-electron chi connectivity index (χ1n) is 3.09. The summed E-state index contributed by atoms with van der Waals surface area (Å²) in [6, 6.07) is 3.43. The van der Waals surface area contributed by atoms with Gasteiger partial charge in [0, 0.05) is 6.20 Å². The number of rotatable bonds is 1. The standard InChI is InChI=1S/C7H10N2O/c1-5(10)6-2-3-7(8)9-4-6/h2-5,10H,1H3,(H2,8,9)/t5-/m0/s1. The number of pyridine rings is 1. The first-order chi connectivity index (χ1) is 4.70. The van der Waals surface area contributed by atoms with E-state index in [0.29, 0.717) is 5.82 Å². The van der Waals surface area contributed by atoms with Crippen molar-refractivity contribution in [3.63, 3.8) is 0 Å². The number of aliphatic hydroxyl groups excluding tert-OH is 1. The van der Waals surface area contributed by atoms with E-state index in [9.17, 15) is 0 Å². The topological polar surface area (TPSA) is 59.1 Å². The van der Waals surface area contributed by atoms with Crippen molar-refractivity contribution in [2.45, 2.75) is 13.0 Å². The van der Waals surface area contributed by atoms with Gasteiger partial charge >= 0.3 is 0 Å². The second-order valence-corrected chi connectivity index (χ2v) is 2.19. The number of nitrogens with two attached hydrogens (primary N) is 1. The fraction of sp³-hybridized carbons (Fsp3) is 0.286. The van der Waals surface area contributed by atoms with Crippen LogP contribution in [0.4, 0.5) is 5.82 Å². The van der Waals surface area contributed by atoms with Crippen LogP contribution in [0.15, 0.2) is 18.3 Å². The van der Waals surface area contributed by atoms with Gasteiger partial charge in [0.25, 0.3) is 0 Å². The smallest absolute Gasteiger partial charge is 0.123 e. The normalized spacial score (nSPS) is 13.0. The summed E-state index contributed by atoms with van der Waals surface area (Å²) >= 11 is 0. The molecule has 0 aliphatic carbocycles. The molecule has 0 fully saturated rings. The molecule has 1 rings (SSSR count). The van der Waals surface area contributed by atoms with Crippen LogP contribution in [0.25, 0.3) is 0 Å². The second-order valence-electron chi connectivity index (χ2n) is 2.19. The minimum Gasteiger partial charge on any atom is -0.389 e. The van der Waals surface area contributed by atoms with Crippen molar-refractivity contribution in [3.8, 4) is 0 Å². The van der Waals surface area contributed by atoms with Crippen LogP contribution in [0, 0.1) is 0 Å². The number of anilines is 1. The first kappa shape index (κ1) is 7.02. The lowest BCUT2D eigenvalue weighted by molar-refractivity contribution is 0.199. The van der Waals surface area contributed by atoms with Gasteiger partial charge in [-0.15, -0.1) is 0 Å². The van der Waals surface area contributed by atoms with Crippen molar-refractivity contribution in [1.29, 1.82) is 0 Å². The van der Waals surface area contributed by atoms with Gasteiger partial charge in [0.15, 0.2) is 0 Å². The predicted octanol–water partition coefficient (Wildman–Crippen LogP) is 0.717. The summed E-state index contributed by atoms with van der Waals surface area (Å²) in [6.45, 7) is 1.69. The van der Waals surface area contributed by atoms with E-state index in [1.807, 2.05) is 0 Å². The quantitative estimate of drug-likeness (QED) is 0.601. The number of nitrogen functional groups attached to an aromatic ring is 1. The molecule has 3 heteroatoms. The molecule has 0 saturated heterocycles. The number of nitrogens with zero attached hydrogens (tertiary/aromatic N) is 1. The fourth-order valence-electron chi connectivity index (χ4n) is 0.664. The van der Waals surface area contributed by atoms with E-state index in [0.717, 1.165) is 5.56 Å². The molecule has 0 aliphatic rings. The van der Waals surface area contributed by atoms with Gasteiger partial charge in [-0.3, -0.25) is 0 Å². The third-order valence-corrected chi connectivity index (χ3v) is 1.29. The molecule has 3 nitrogen and oxygen atoms in total. The van der Waals surface area contributed by atoms with Crippen LogP contribution in [0.1, 0.15) is 18.6 Å². The molecule has 10 heavy (non-hydrogen) atoms. The van der Waals surface area contributed by atoms with Gasteiger partial charge in [-0.05, 0) is 18.6 Å². The number of aromatic nitrogens is 1. The summed E-state index contributed by atoms with van der Waals surface area (Å²) in [5.41, 5.74) is 6.12. The third kappa shape index (κ3) is 1.45. The van der Waals surface area contributed by atoms with Crippen LogP contribution < -0.4 is 5.73 Å². The molecule has 0 unspecified atom stereocenters. The predicted molar refractivity (Wildman–Crippen MR) is 39.3 cm³/mol. The molecule has 54 valence electrons. The number of hydrogen-bond donors (Lipinski definition) is 2. The van der Waals surface area contributed by atoms with Crippen molar-refractivity contribution in [2.75, 3.05) is 5.73 Å². The van der Waals surface area contributed by atoms with Crippen LogP contribution in [0.2, 0.25) is 0 Å². The molecule has 0 amide bonds. The molecule has 0 spiro atoms. The van der Waals surface area contributed by atoms with Gasteiger partial charge in [0.1, 0.15) is 5.82 Å². The highest BCUT2D eigenvalue weighted by atomic mass is 16.3. The summed E-state index contributed by atoms with van der Waals surface area (Å²) < 4.78 is 0. The fourth-order valence-corrected chi connectivity index (χ4v) is 0.664. The Morgan fingerprint density at radius 2 is 2.30 bits per heavy atom. The Kier molecular flexibility index (Phi) is 1.87. The summed E-state index contributed by atoms with van der Waals surface area (Å²) in [4.78, 5) is 3.82. The zero-order valence-corrected chi connectivity index (χ0v) is 5.78. The highest BCUT2D eigenvalue weighted by Gasteiger charge is 1.98. The van der Waals surface area contributed by atoms with E-state index in [2.05, 4.69) is 4.98 Å². The lowest BCUT2D eigenvalue weighted by atomic mass is 10.2. The molecule has 0 radical (unpaired) electrons. The van der Waals surface area contributed by atoms with E-state index in [1.165, 1.54) is 0 Å². The van der Waals surface area contributed by atoms with Crippen LogP contribution in [0.3, 0.4) is 0 Å². The maximum Gasteiger partial charge on any atom is 0.123 e. The van der Waals surface area contributed by atoms with Crippen molar-refractivity contribution >= 4 is 5.82 Å². The van der Waals surface area contributed by atoms with Gasteiger partial charge in [-0.2, -0.15) is 0 Å². The first-order valence-corrected chi connectivity index (χ1v) is 3.09. The maximum absolute atomic E-state index is 9.03. The zero-order chi connectivity index (χ0) is 7.56. The molecule has 1 heterocycles. The van der Waals surface area contributed by atoms with Crippen molar-refractivity contribution < 1.29 is 5.11 Å². The Labute approximate surface area is 59.5 Å². The molecule has 0 saturated carbocycles. The largest absolute Gasteiger partial charge is 0.389 e. The summed E-state index contributed by atoms with van der Waals surface area (Å²) in [5.74, 6) is 0.476. The van der Waals surface area contributed by atoms with Crippen molar-refractivity contribution in [1.82, 2.24) is 4.98 Å². The molecular weight excluding hydrogens is 128 g/mol. The lowest BCUT2D eigenvalue weighted by Gasteiger charge is -2.02. The average molecular weight is 138 g/mol. The highest BCUT2D eigenvalue weighted by Crippen LogP contribution is 2.10. The Morgan fingerprint density at radius 1 is 1.60 bits per heavy atom. The average Bonchev–Trinajstić information content (AvgIpc) is 1.88. The monoisotopic (exact) mass is 138 g/mol. The Bertz CT molecular complexity index is 205. The van der Waals surface area contributed by atoms with Crippen LogP contribution in [-0.2, 0) is 0 Å². The van der Waals surface area contributed by atoms with Gasteiger partial charge in [0.05, 0.1) is 6.10 Å². The van der Waals surface area contributed by atoms with Crippen molar-refractivity contribution in [3.05, 3.63) is 23.9 Å². The number of hydrogen-bond acceptors (Lipinski definition) is 3. The molecule has 0 aromatic carbocycles. The summed E-state index contributed by atoms with van der Waals surface area (Å²) in [5, 5.41) is 9.03. The van der Waals surface area contributed by atoms with Gasteiger partial charge in [-0.25, -0.2) is 4.98 Å². The van der Waals surface area contributed by atoms with Gasteiger partial charge in [-0.1, -0.05) is 6.07 Å². The molecule has 1 aromatic rings. The van der Waals surface area contributed by atoms with E-state index in [1.54, 1.807) is 25.3 Å². The van der Waals surface area contributed by atoms with Crippen LogP contribution >= 0.6 is 0 Å². The van der Waals surface area contributed by atoms with Crippen molar-refractivity contribution in [2.24, 2.45) is 0 Å². The molecular formula is C7H10N2O. The SMILES string of the molecule is C[C@H](O)c1ccc(N)nc1. The third-order valence-electron chi connectivity index (χ3n) is 1.29. The van der Waals surface area contributed by atoms with E-state index in [4.69, 9.17) is 10.8 Å². The van der Waals surface area contributed by atoms with E-state index < -0.39 is 6.10 Å². The molecule has 1 atom stereocenters. The van der Waals surface area contributed by atoms with Crippen LogP contribution in [-0.4, -0.2) is 10.1 Å². The molecule has 1 aromatic heterocycles. The molecule has 3 N–H and O–H groups in total. The summed E-state index contributed by atoms with van der Waals surface area (Å²) in [7, 11) is 0. The molecule has 0 aliphatic heterocycles. The maximum atomic E-state index is 9.03.